The minimum Gasteiger partial charge on any atom is -0.424 e. The van der Waals surface area contributed by atoms with Crippen LogP contribution >= 0.6 is 11.3 Å². The second kappa shape index (κ2) is 7.10. The Kier molecular flexibility index (Phi) is 4.71. The van der Waals surface area contributed by atoms with Crippen LogP contribution in [0.5, 0.6) is 11.8 Å². The predicted octanol–water partition coefficient (Wildman–Crippen LogP) is 2.99. The number of benzene rings is 1. The Labute approximate surface area is 147 Å². The van der Waals surface area contributed by atoms with Crippen molar-refractivity contribution in [2.24, 2.45) is 5.73 Å². The van der Waals surface area contributed by atoms with Crippen molar-refractivity contribution in [2.75, 3.05) is 5.32 Å². The highest BCUT2D eigenvalue weighted by atomic mass is 32.1. The van der Waals surface area contributed by atoms with Crippen LogP contribution in [0.25, 0.3) is 0 Å². The molecule has 0 aliphatic carbocycles. The zero-order chi connectivity index (χ0) is 17.8. The number of thiophene rings is 1. The average Bonchev–Trinajstić information content (AvgIpc) is 3.09. The molecule has 126 valence electrons. The first-order valence-electron chi connectivity index (χ1n) is 7.29. The molecule has 2 aromatic heterocycles. The Morgan fingerprint density at radius 2 is 1.84 bits per heavy atom. The molecule has 0 aliphatic rings. The molecule has 0 saturated heterocycles. The van der Waals surface area contributed by atoms with Gasteiger partial charge in [-0.2, -0.15) is 0 Å². The maximum atomic E-state index is 12.3. The molecule has 0 saturated carbocycles. The number of hydrogen-bond donors (Lipinski definition) is 2. The quantitative estimate of drug-likeness (QED) is 0.732. The highest BCUT2D eigenvalue weighted by molar-refractivity contribution is 7.16. The molecule has 1 aromatic carbocycles. The minimum atomic E-state index is -0.551. The molecule has 3 N–H and O–H groups in total. The van der Waals surface area contributed by atoms with Crippen molar-refractivity contribution < 1.29 is 14.3 Å². The third kappa shape index (κ3) is 3.99. The summed E-state index contributed by atoms with van der Waals surface area (Å²) in [4.78, 5) is 32.1. The van der Waals surface area contributed by atoms with Crippen LogP contribution in [0.15, 0.2) is 48.8 Å². The SMILES string of the molecule is Cc1cc(Oc2ncccn2)ccc1NC(=O)c1ccc(C(N)=O)s1. The molecule has 8 heteroatoms. The monoisotopic (exact) mass is 354 g/mol. The molecule has 0 atom stereocenters. The molecule has 2 heterocycles. The van der Waals surface area contributed by atoms with E-state index >= 15 is 0 Å². The van der Waals surface area contributed by atoms with Crippen molar-refractivity contribution in [3.05, 3.63) is 64.1 Å². The number of amides is 2. The Morgan fingerprint density at radius 1 is 1.12 bits per heavy atom. The van der Waals surface area contributed by atoms with Gasteiger partial charge in [0.25, 0.3) is 11.8 Å². The summed E-state index contributed by atoms with van der Waals surface area (Å²) in [5.74, 6) is -0.292. The maximum absolute atomic E-state index is 12.3. The van der Waals surface area contributed by atoms with Crippen LogP contribution in [0, 0.1) is 6.92 Å². The molecule has 0 aliphatic heterocycles. The van der Waals surface area contributed by atoms with Crippen molar-refractivity contribution in [1.82, 2.24) is 9.97 Å². The van der Waals surface area contributed by atoms with E-state index in [1.165, 1.54) is 6.07 Å². The van der Waals surface area contributed by atoms with Gasteiger partial charge in [0.05, 0.1) is 9.75 Å². The van der Waals surface area contributed by atoms with Gasteiger partial charge in [-0.1, -0.05) is 0 Å². The second-order valence-electron chi connectivity index (χ2n) is 5.09. The van der Waals surface area contributed by atoms with Crippen molar-refractivity contribution in [2.45, 2.75) is 6.92 Å². The Morgan fingerprint density at radius 3 is 2.48 bits per heavy atom. The molecule has 7 nitrogen and oxygen atoms in total. The topological polar surface area (TPSA) is 107 Å². The second-order valence-corrected chi connectivity index (χ2v) is 6.18. The number of primary amides is 1. The molecule has 0 bridgehead atoms. The summed E-state index contributed by atoms with van der Waals surface area (Å²) in [6.45, 7) is 1.84. The number of carbonyl (C=O) groups excluding carboxylic acids is 2. The van der Waals surface area contributed by atoms with Gasteiger partial charge in [-0.3, -0.25) is 9.59 Å². The lowest BCUT2D eigenvalue weighted by molar-refractivity contribution is 0.100. The summed E-state index contributed by atoms with van der Waals surface area (Å²) in [6, 6.07) is 10.3. The van der Waals surface area contributed by atoms with E-state index < -0.39 is 5.91 Å². The lowest BCUT2D eigenvalue weighted by Crippen LogP contribution is -2.11. The van der Waals surface area contributed by atoms with Crippen LogP contribution in [-0.4, -0.2) is 21.8 Å². The third-order valence-electron chi connectivity index (χ3n) is 3.27. The number of aryl methyl sites for hydroxylation is 1. The van der Waals surface area contributed by atoms with Gasteiger partial charge in [0, 0.05) is 18.1 Å². The molecule has 3 aromatic rings. The van der Waals surface area contributed by atoms with Crippen molar-refractivity contribution >= 4 is 28.8 Å². The van der Waals surface area contributed by atoms with Gasteiger partial charge in [0.2, 0.25) is 0 Å². The molecule has 3 rings (SSSR count). The minimum absolute atomic E-state index is 0.247. The number of anilines is 1. The van der Waals surface area contributed by atoms with Crippen molar-refractivity contribution in [3.8, 4) is 11.8 Å². The normalized spacial score (nSPS) is 10.3. The van der Waals surface area contributed by atoms with Gasteiger partial charge in [-0.25, -0.2) is 9.97 Å². The summed E-state index contributed by atoms with van der Waals surface area (Å²) in [6.07, 6.45) is 3.18. The van der Waals surface area contributed by atoms with Crippen molar-refractivity contribution in [3.63, 3.8) is 0 Å². The number of carbonyl (C=O) groups is 2. The fourth-order valence-corrected chi connectivity index (χ4v) is 2.81. The summed E-state index contributed by atoms with van der Waals surface area (Å²) in [5.41, 5.74) is 6.65. The van der Waals surface area contributed by atoms with Gasteiger partial charge >= 0.3 is 6.01 Å². The maximum Gasteiger partial charge on any atom is 0.321 e. The third-order valence-corrected chi connectivity index (χ3v) is 4.37. The van der Waals surface area contributed by atoms with Gasteiger partial charge < -0.3 is 15.8 Å². The fourth-order valence-electron chi connectivity index (χ4n) is 2.06. The van der Waals surface area contributed by atoms with Crippen LogP contribution < -0.4 is 15.8 Å². The van der Waals surface area contributed by atoms with Gasteiger partial charge in [0.1, 0.15) is 5.75 Å². The van der Waals surface area contributed by atoms with E-state index in [2.05, 4.69) is 15.3 Å². The largest absolute Gasteiger partial charge is 0.424 e. The fraction of sp³-hybridized carbons (Fsp3) is 0.0588. The zero-order valence-corrected chi connectivity index (χ0v) is 14.0. The summed E-state index contributed by atoms with van der Waals surface area (Å²) >= 11 is 1.05. The van der Waals surface area contributed by atoms with Crippen molar-refractivity contribution in [1.29, 1.82) is 0 Å². The first-order chi connectivity index (χ1) is 12.0. The molecule has 0 unspecified atom stereocenters. The van der Waals surface area contributed by atoms with Crippen LogP contribution in [0.1, 0.15) is 24.9 Å². The van der Waals surface area contributed by atoms with Gasteiger partial charge in [-0.15, -0.1) is 11.3 Å². The zero-order valence-electron chi connectivity index (χ0n) is 13.2. The number of aromatic nitrogens is 2. The Balaban J connectivity index is 1.72. The van der Waals surface area contributed by atoms with E-state index in [9.17, 15) is 9.59 Å². The van der Waals surface area contributed by atoms with E-state index in [4.69, 9.17) is 10.5 Å². The molecule has 0 spiro atoms. The molecular weight excluding hydrogens is 340 g/mol. The smallest absolute Gasteiger partial charge is 0.321 e. The number of ether oxygens (including phenoxy) is 1. The Hall–Kier alpha value is -3.26. The van der Waals surface area contributed by atoms with Crippen LogP contribution in [0.3, 0.4) is 0 Å². The van der Waals surface area contributed by atoms with Crippen LogP contribution in [-0.2, 0) is 0 Å². The first-order valence-corrected chi connectivity index (χ1v) is 8.11. The molecule has 2 amide bonds. The number of nitrogens with two attached hydrogens (primary N) is 1. The number of rotatable bonds is 5. The van der Waals surface area contributed by atoms with Gasteiger partial charge in [0.15, 0.2) is 0 Å². The standard InChI is InChI=1S/C17H14N4O3S/c1-10-9-11(24-17-19-7-2-8-20-17)3-4-12(10)21-16(23)14-6-5-13(25-14)15(18)22/h2-9H,1H3,(H2,18,22)(H,21,23). The average molecular weight is 354 g/mol. The summed E-state index contributed by atoms with van der Waals surface area (Å²) < 4.78 is 5.55. The predicted molar refractivity (Wildman–Crippen MR) is 94.1 cm³/mol. The number of nitrogens with zero attached hydrogens (tertiary/aromatic N) is 2. The van der Waals surface area contributed by atoms with Crippen LogP contribution in [0.4, 0.5) is 5.69 Å². The van der Waals surface area contributed by atoms with E-state index in [-0.39, 0.29) is 11.9 Å². The van der Waals surface area contributed by atoms with Gasteiger partial charge in [-0.05, 0) is 48.9 Å². The number of hydrogen-bond acceptors (Lipinski definition) is 6. The molecule has 0 radical (unpaired) electrons. The van der Waals surface area contributed by atoms with E-state index in [1.54, 1.807) is 42.7 Å². The highest BCUT2D eigenvalue weighted by Crippen LogP contribution is 2.25. The summed E-state index contributed by atoms with van der Waals surface area (Å²) in [7, 11) is 0. The first kappa shape index (κ1) is 16.6. The number of nitrogens with one attached hydrogen (secondary N) is 1. The molecule has 25 heavy (non-hydrogen) atoms. The van der Waals surface area contributed by atoms with E-state index in [1.807, 2.05) is 6.92 Å². The van der Waals surface area contributed by atoms with E-state index in [0.717, 1.165) is 16.9 Å². The van der Waals surface area contributed by atoms with E-state index in [0.29, 0.717) is 21.2 Å². The molecule has 0 fully saturated rings. The lowest BCUT2D eigenvalue weighted by atomic mass is 10.2. The molecular formula is C17H14N4O3S. The lowest BCUT2D eigenvalue weighted by Gasteiger charge is -2.10. The van der Waals surface area contributed by atoms with Crippen LogP contribution in [0.2, 0.25) is 0 Å². The highest BCUT2D eigenvalue weighted by Gasteiger charge is 2.13. The summed E-state index contributed by atoms with van der Waals surface area (Å²) in [5, 5.41) is 2.80. The Bertz CT molecular complexity index is 925.